The SMILES string of the molecule is CC1(C)C(=O)Nc2nc(C(=O)NCc3cc4ccccc4o3)ccc21. The molecule has 0 saturated heterocycles. The molecule has 0 unspecified atom stereocenters. The molecule has 0 fully saturated rings. The number of amides is 2. The Bertz CT molecular complexity index is 971. The molecule has 0 atom stereocenters. The molecule has 3 aromatic rings. The number of carbonyl (C=O) groups is 2. The number of hydrogen-bond acceptors (Lipinski definition) is 4. The summed E-state index contributed by atoms with van der Waals surface area (Å²) in [6, 6.07) is 13.0. The number of nitrogens with zero attached hydrogens (tertiary/aromatic N) is 1. The van der Waals surface area contributed by atoms with Gasteiger partial charge in [0.1, 0.15) is 22.9 Å². The molecule has 0 spiro atoms. The summed E-state index contributed by atoms with van der Waals surface area (Å²) in [4.78, 5) is 28.6. The van der Waals surface area contributed by atoms with Crippen LogP contribution in [-0.2, 0) is 16.8 Å². The zero-order valence-electron chi connectivity index (χ0n) is 13.9. The molecule has 0 radical (unpaired) electrons. The van der Waals surface area contributed by atoms with Crippen LogP contribution in [0.15, 0.2) is 46.9 Å². The summed E-state index contributed by atoms with van der Waals surface area (Å²) >= 11 is 0. The summed E-state index contributed by atoms with van der Waals surface area (Å²) < 4.78 is 5.68. The van der Waals surface area contributed by atoms with Crippen molar-refractivity contribution in [1.82, 2.24) is 10.3 Å². The molecule has 1 aliphatic rings. The van der Waals surface area contributed by atoms with Gasteiger partial charge in [0.15, 0.2) is 0 Å². The smallest absolute Gasteiger partial charge is 0.270 e. The number of para-hydroxylation sites is 1. The van der Waals surface area contributed by atoms with Gasteiger partial charge in [-0.2, -0.15) is 0 Å². The van der Waals surface area contributed by atoms with Gasteiger partial charge in [-0.05, 0) is 32.0 Å². The monoisotopic (exact) mass is 335 g/mol. The Morgan fingerprint density at radius 1 is 1.24 bits per heavy atom. The lowest BCUT2D eigenvalue weighted by molar-refractivity contribution is -0.119. The quantitative estimate of drug-likeness (QED) is 0.771. The Morgan fingerprint density at radius 2 is 2.04 bits per heavy atom. The van der Waals surface area contributed by atoms with Crippen LogP contribution in [0.4, 0.5) is 5.82 Å². The Balaban J connectivity index is 1.50. The van der Waals surface area contributed by atoms with Crippen molar-refractivity contribution in [3.8, 4) is 0 Å². The van der Waals surface area contributed by atoms with E-state index in [1.165, 1.54) is 0 Å². The number of anilines is 1. The highest BCUT2D eigenvalue weighted by Gasteiger charge is 2.39. The molecular formula is C19H17N3O3. The van der Waals surface area contributed by atoms with Gasteiger partial charge in [0.2, 0.25) is 5.91 Å². The summed E-state index contributed by atoms with van der Waals surface area (Å²) in [5.74, 6) is 0.688. The number of nitrogens with one attached hydrogen (secondary N) is 2. The third kappa shape index (κ3) is 2.55. The van der Waals surface area contributed by atoms with E-state index in [1.807, 2.05) is 44.2 Å². The van der Waals surface area contributed by atoms with Crippen LogP contribution in [0.3, 0.4) is 0 Å². The molecule has 6 heteroatoms. The molecule has 2 aromatic heterocycles. The van der Waals surface area contributed by atoms with E-state index >= 15 is 0 Å². The molecule has 4 rings (SSSR count). The molecule has 25 heavy (non-hydrogen) atoms. The molecule has 0 bridgehead atoms. The van der Waals surface area contributed by atoms with Crippen molar-refractivity contribution >= 4 is 28.6 Å². The maximum atomic E-state index is 12.3. The van der Waals surface area contributed by atoms with Crippen LogP contribution in [0.25, 0.3) is 11.0 Å². The van der Waals surface area contributed by atoms with E-state index < -0.39 is 5.41 Å². The van der Waals surface area contributed by atoms with Gasteiger partial charge >= 0.3 is 0 Å². The molecule has 0 aliphatic carbocycles. The van der Waals surface area contributed by atoms with E-state index in [1.54, 1.807) is 12.1 Å². The molecule has 6 nitrogen and oxygen atoms in total. The van der Waals surface area contributed by atoms with Crippen LogP contribution >= 0.6 is 0 Å². The number of pyridine rings is 1. The molecule has 0 saturated carbocycles. The number of carbonyl (C=O) groups excluding carboxylic acids is 2. The van der Waals surface area contributed by atoms with E-state index in [9.17, 15) is 9.59 Å². The van der Waals surface area contributed by atoms with Gasteiger partial charge in [0.25, 0.3) is 5.91 Å². The number of hydrogen-bond donors (Lipinski definition) is 2. The number of aromatic nitrogens is 1. The van der Waals surface area contributed by atoms with Crippen LogP contribution in [0, 0.1) is 0 Å². The maximum absolute atomic E-state index is 12.3. The number of furan rings is 1. The third-order valence-corrected chi connectivity index (χ3v) is 4.50. The largest absolute Gasteiger partial charge is 0.459 e. The molecule has 2 N–H and O–H groups in total. The Labute approximate surface area is 144 Å². The molecule has 2 amide bonds. The molecule has 1 aromatic carbocycles. The first-order chi connectivity index (χ1) is 11.9. The second-order valence-corrected chi connectivity index (χ2v) is 6.60. The lowest BCUT2D eigenvalue weighted by atomic mass is 9.87. The predicted octanol–water partition coefficient (Wildman–Crippen LogP) is 2.99. The van der Waals surface area contributed by atoms with Gasteiger partial charge in [-0.15, -0.1) is 0 Å². The molecule has 126 valence electrons. The van der Waals surface area contributed by atoms with Gasteiger partial charge in [0.05, 0.1) is 12.0 Å². The minimum Gasteiger partial charge on any atom is -0.459 e. The second kappa shape index (κ2) is 5.44. The van der Waals surface area contributed by atoms with Crippen molar-refractivity contribution in [3.63, 3.8) is 0 Å². The van der Waals surface area contributed by atoms with Gasteiger partial charge in [-0.25, -0.2) is 4.98 Å². The van der Waals surface area contributed by atoms with E-state index in [4.69, 9.17) is 4.42 Å². The van der Waals surface area contributed by atoms with Crippen LogP contribution < -0.4 is 10.6 Å². The summed E-state index contributed by atoms with van der Waals surface area (Å²) in [6.45, 7) is 3.93. The number of rotatable bonds is 3. The van der Waals surface area contributed by atoms with Crippen molar-refractivity contribution in [2.45, 2.75) is 25.8 Å². The van der Waals surface area contributed by atoms with Gasteiger partial charge in [-0.3, -0.25) is 9.59 Å². The minimum atomic E-state index is -0.633. The first kappa shape index (κ1) is 15.4. The van der Waals surface area contributed by atoms with Crippen LogP contribution in [0.1, 0.15) is 35.7 Å². The van der Waals surface area contributed by atoms with Gasteiger partial charge < -0.3 is 15.1 Å². The highest BCUT2D eigenvalue weighted by molar-refractivity contribution is 6.05. The van der Waals surface area contributed by atoms with Gasteiger partial charge in [-0.1, -0.05) is 24.3 Å². The first-order valence-corrected chi connectivity index (χ1v) is 8.04. The first-order valence-electron chi connectivity index (χ1n) is 8.04. The van der Waals surface area contributed by atoms with Crippen LogP contribution in [-0.4, -0.2) is 16.8 Å². The van der Waals surface area contributed by atoms with Crippen molar-refractivity contribution in [2.75, 3.05) is 5.32 Å². The van der Waals surface area contributed by atoms with E-state index in [2.05, 4.69) is 15.6 Å². The van der Waals surface area contributed by atoms with Crippen molar-refractivity contribution < 1.29 is 14.0 Å². The highest BCUT2D eigenvalue weighted by Crippen LogP contribution is 2.35. The Hall–Kier alpha value is -3.15. The Morgan fingerprint density at radius 3 is 2.84 bits per heavy atom. The zero-order chi connectivity index (χ0) is 17.6. The van der Waals surface area contributed by atoms with Crippen molar-refractivity contribution in [2.24, 2.45) is 0 Å². The second-order valence-electron chi connectivity index (χ2n) is 6.60. The summed E-state index contributed by atoms with van der Waals surface area (Å²) in [6.07, 6.45) is 0. The fourth-order valence-corrected chi connectivity index (χ4v) is 2.95. The predicted molar refractivity (Wildman–Crippen MR) is 93.3 cm³/mol. The standard InChI is InChI=1S/C19H17N3O3/c1-19(2)13-7-8-14(21-16(13)22-18(19)24)17(23)20-10-12-9-11-5-3-4-6-15(11)25-12/h3-9H,10H2,1-2H3,(H,20,23)(H,21,22,24). The van der Waals surface area contributed by atoms with Crippen LogP contribution in [0.2, 0.25) is 0 Å². The normalized spacial score (nSPS) is 15.0. The zero-order valence-corrected chi connectivity index (χ0v) is 13.9. The summed E-state index contributed by atoms with van der Waals surface area (Å²) in [7, 11) is 0. The topological polar surface area (TPSA) is 84.2 Å². The lowest BCUT2D eigenvalue weighted by Crippen LogP contribution is -2.26. The lowest BCUT2D eigenvalue weighted by Gasteiger charge is -2.14. The summed E-state index contributed by atoms with van der Waals surface area (Å²) in [5, 5.41) is 6.51. The van der Waals surface area contributed by atoms with Crippen molar-refractivity contribution in [1.29, 1.82) is 0 Å². The van der Waals surface area contributed by atoms with Gasteiger partial charge in [0, 0.05) is 10.9 Å². The number of fused-ring (bicyclic) bond motifs is 2. The number of benzene rings is 1. The average Bonchev–Trinajstić information content (AvgIpc) is 3.11. The van der Waals surface area contributed by atoms with E-state index in [0.717, 1.165) is 16.5 Å². The minimum absolute atomic E-state index is 0.116. The maximum Gasteiger partial charge on any atom is 0.270 e. The average molecular weight is 335 g/mol. The molecule has 3 heterocycles. The fraction of sp³-hybridized carbons (Fsp3) is 0.211. The fourth-order valence-electron chi connectivity index (χ4n) is 2.95. The molecular weight excluding hydrogens is 318 g/mol. The van der Waals surface area contributed by atoms with Crippen molar-refractivity contribution in [3.05, 3.63) is 59.5 Å². The van der Waals surface area contributed by atoms with Crippen LogP contribution in [0.5, 0.6) is 0 Å². The summed E-state index contributed by atoms with van der Waals surface area (Å²) in [5.41, 5.74) is 1.21. The third-order valence-electron chi connectivity index (χ3n) is 4.50. The van der Waals surface area contributed by atoms with E-state index in [0.29, 0.717) is 11.6 Å². The molecule has 1 aliphatic heterocycles. The van der Waals surface area contributed by atoms with E-state index in [-0.39, 0.29) is 24.1 Å². The highest BCUT2D eigenvalue weighted by atomic mass is 16.3. The Kier molecular flexibility index (Phi) is 3.35.